The molecule has 2 heterocycles. The quantitative estimate of drug-likeness (QED) is 0.541. The van der Waals surface area contributed by atoms with Crippen LogP contribution in [0.3, 0.4) is 0 Å². The van der Waals surface area contributed by atoms with E-state index in [1.165, 1.54) is 28.8 Å². The maximum absolute atomic E-state index is 13.0. The van der Waals surface area contributed by atoms with Crippen LogP contribution in [0.15, 0.2) is 33.9 Å². The van der Waals surface area contributed by atoms with E-state index in [-0.39, 0.29) is 18.8 Å². The Balaban J connectivity index is 1.88. The molecule has 0 aliphatic heterocycles. The van der Waals surface area contributed by atoms with E-state index in [9.17, 15) is 18.8 Å². The van der Waals surface area contributed by atoms with Gasteiger partial charge in [-0.3, -0.25) is 19.1 Å². The fourth-order valence-electron chi connectivity index (χ4n) is 3.28. The Hall–Kier alpha value is -3.23. The second kappa shape index (κ2) is 9.51. The van der Waals surface area contributed by atoms with Crippen molar-refractivity contribution in [3.8, 4) is 0 Å². The number of nitrogens with zero attached hydrogens (tertiary/aromatic N) is 3. The van der Waals surface area contributed by atoms with Gasteiger partial charge >= 0.3 is 11.7 Å². The summed E-state index contributed by atoms with van der Waals surface area (Å²) in [5, 5.41) is 0. The average Bonchev–Trinajstić information content (AvgIpc) is 3.07. The molecule has 0 aliphatic carbocycles. The summed E-state index contributed by atoms with van der Waals surface area (Å²) in [7, 11) is 0. The first-order valence-corrected chi connectivity index (χ1v) is 10.1. The third kappa shape index (κ3) is 4.67. The van der Waals surface area contributed by atoms with Crippen LogP contribution in [-0.2, 0) is 35.6 Å². The van der Waals surface area contributed by atoms with Crippen molar-refractivity contribution in [3.05, 3.63) is 62.3 Å². The maximum Gasteiger partial charge on any atom is 0.330 e. The standard InChI is InChI=1S/C21H25FN4O4/c1-3-5-11-26-19-18(20(28)24-21(26)29)25(10-4-2)16(23-19)13-30-17(27)12-14-6-8-15(22)9-7-14/h6-9H,3-5,10-13H2,1-2H3,(H,24,28,29). The minimum atomic E-state index is -0.507. The molecule has 0 amide bonds. The third-order valence-corrected chi connectivity index (χ3v) is 4.77. The summed E-state index contributed by atoms with van der Waals surface area (Å²) in [5.74, 6) is -0.464. The number of benzene rings is 1. The molecule has 160 valence electrons. The lowest BCUT2D eigenvalue weighted by Crippen LogP contribution is -2.31. The third-order valence-electron chi connectivity index (χ3n) is 4.77. The van der Waals surface area contributed by atoms with Gasteiger partial charge in [-0.25, -0.2) is 14.2 Å². The van der Waals surface area contributed by atoms with Gasteiger partial charge in [0.15, 0.2) is 11.2 Å². The number of hydrogen-bond donors (Lipinski definition) is 1. The van der Waals surface area contributed by atoms with Gasteiger partial charge in [-0.1, -0.05) is 32.4 Å². The Morgan fingerprint density at radius 2 is 1.83 bits per heavy atom. The van der Waals surface area contributed by atoms with Crippen molar-refractivity contribution >= 4 is 17.1 Å². The number of aromatic amines is 1. The molecule has 30 heavy (non-hydrogen) atoms. The van der Waals surface area contributed by atoms with Crippen molar-refractivity contribution < 1.29 is 13.9 Å². The normalized spacial score (nSPS) is 11.2. The number of aromatic nitrogens is 4. The van der Waals surface area contributed by atoms with Crippen LogP contribution in [0.5, 0.6) is 0 Å². The number of H-pyrrole nitrogens is 1. The number of nitrogens with one attached hydrogen (secondary N) is 1. The first kappa shape index (κ1) is 21.5. The first-order chi connectivity index (χ1) is 14.4. The number of imidazole rings is 1. The fraction of sp³-hybridized carbons (Fsp3) is 0.429. The minimum absolute atomic E-state index is 0.00389. The lowest BCUT2D eigenvalue weighted by molar-refractivity contribution is -0.144. The molecule has 0 aliphatic rings. The van der Waals surface area contributed by atoms with Gasteiger partial charge in [0.2, 0.25) is 0 Å². The van der Waals surface area contributed by atoms with Gasteiger partial charge in [-0.2, -0.15) is 0 Å². The predicted molar refractivity (Wildman–Crippen MR) is 110 cm³/mol. The van der Waals surface area contributed by atoms with Crippen molar-refractivity contribution in [2.75, 3.05) is 0 Å². The molecule has 0 saturated carbocycles. The van der Waals surface area contributed by atoms with Gasteiger partial charge in [-0.05, 0) is 30.5 Å². The lowest BCUT2D eigenvalue weighted by Gasteiger charge is -2.08. The molecule has 8 nitrogen and oxygen atoms in total. The zero-order valence-electron chi connectivity index (χ0n) is 17.1. The summed E-state index contributed by atoms with van der Waals surface area (Å²) < 4.78 is 21.5. The molecule has 0 fully saturated rings. The molecule has 2 aromatic heterocycles. The number of ether oxygens (including phenoxy) is 1. The largest absolute Gasteiger partial charge is 0.457 e. The molecular formula is C21H25FN4O4. The smallest absolute Gasteiger partial charge is 0.330 e. The van der Waals surface area contributed by atoms with E-state index in [2.05, 4.69) is 9.97 Å². The van der Waals surface area contributed by atoms with E-state index in [0.29, 0.717) is 35.6 Å². The van der Waals surface area contributed by atoms with Crippen LogP contribution >= 0.6 is 0 Å². The molecule has 1 aromatic carbocycles. The summed E-state index contributed by atoms with van der Waals surface area (Å²) in [6, 6.07) is 5.61. The number of carbonyl (C=O) groups is 1. The van der Waals surface area contributed by atoms with Gasteiger partial charge in [0.1, 0.15) is 18.2 Å². The molecular weight excluding hydrogens is 391 g/mol. The summed E-state index contributed by atoms with van der Waals surface area (Å²) >= 11 is 0. The van der Waals surface area contributed by atoms with Crippen molar-refractivity contribution in [1.29, 1.82) is 0 Å². The van der Waals surface area contributed by atoms with Crippen molar-refractivity contribution in [2.24, 2.45) is 0 Å². The number of carbonyl (C=O) groups excluding carboxylic acids is 1. The zero-order valence-corrected chi connectivity index (χ0v) is 17.1. The Morgan fingerprint density at radius 1 is 1.10 bits per heavy atom. The molecule has 0 radical (unpaired) electrons. The van der Waals surface area contributed by atoms with E-state index in [0.717, 1.165) is 19.3 Å². The minimum Gasteiger partial charge on any atom is -0.457 e. The first-order valence-electron chi connectivity index (χ1n) is 10.1. The summed E-state index contributed by atoms with van der Waals surface area (Å²) in [4.78, 5) is 43.8. The predicted octanol–water partition coefficient (Wildman–Crippen LogP) is 2.52. The molecule has 9 heteroatoms. The highest BCUT2D eigenvalue weighted by molar-refractivity contribution is 5.73. The number of unbranched alkanes of at least 4 members (excludes halogenated alkanes) is 1. The van der Waals surface area contributed by atoms with Crippen LogP contribution in [-0.4, -0.2) is 25.1 Å². The maximum atomic E-state index is 13.0. The molecule has 0 unspecified atom stereocenters. The van der Waals surface area contributed by atoms with Gasteiger partial charge < -0.3 is 9.30 Å². The number of fused-ring (bicyclic) bond motifs is 1. The number of hydrogen-bond acceptors (Lipinski definition) is 5. The van der Waals surface area contributed by atoms with E-state index in [4.69, 9.17) is 4.74 Å². The van der Waals surface area contributed by atoms with Crippen molar-refractivity contribution in [3.63, 3.8) is 0 Å². The van der Waals surface area contributed by atoms with E-state index in [1.807, 2.05) is 13.8 Å². The van der Waals surface area contributed by atoms with Crippen LogP contribution in [0.4, 0.5) is 4.39 Å². The van der Waals surface area contributed by atoms with Crippen LogP contribution in [0, 0.1) is 5.82 Å². The molecule has 3 aromatic rings. The van der Waals surface area contributed by atoms with Gasteiger partial charge in [0.05, 0.1) is 6.42 Å². The second-order valence-corrected chi connectivity index (χ2v) is 7.08. The second-order valence-electron chi connectivity index (χ2n) is 7.08. The molecule has 0 atom stereocenters. The fourth-order valence-corrected chi connectivity index (χ4v) is 3.28. The Morgan fingerprint density at radius 3 is 2.50 bits per heavy atom. The highest BCUT2D eigenvalue weighted by Crippen LogP contribution is 2.14. The van der Waals surface area contributed by atoms with Crippen molar-refractivity contribution in [1.82, 2.24) is 19.1 Å². The van der Waals surface area contributed by atoms with Crippen LogP contribution in [0.25, 0.3) is 11.2 Å². The number of esters is 1. The topological polar surface area (TPSA) is 99.0 Å². The summed E-state index contributed by atoms with van der Waals surface area (Å²) in [6.07, 6.45) is 2.38. The number of halogens is 1. The number of rotatable bonds is 9. The van der Waals surface area contributed by atoms with Gasteiger partial charge in [0, 0.05) is 13.1 Å². The Labute approximate surface area is 172 Å². The average molecular weight is 416 g/mol. The van der Waals surface area contributed by atoms with Crippen LogP contribution in [0.1, 0.15) is 44.5 Å². The zero-order chi connectivity index (χ0) is 21.7. The lowest BCUT2D eigenvalue weighted by atomic mass is 10.1. The Kier molecular flexibility index (Phi) is 6.81. The molecule has 0 saturated heterocycles. The van der Waals surface area contributed by atoms with E-state index < -0.39 is 17.2 Å². The summed E-state index contributed by atoms with van der Waals surface area (Å²) in [5.41, 5.74) is 0.232. The van der Waals surface area contributed by atoms with Crippen LogP contribution in [0.2, 0.25) is 0 Å². The Bertz CT molecular complexity index is 1140. The SMILES string of the molecule is CCCCn1c(=O)[nH]c(=O)c2c1nc(COC(=O)Cc1ccc(F)cc1)n2CCC. The van der Waals surface area contributed by atoms with Crippen LogP contribution < -0.4 is 11.2 Å². The molecule has 1 N–H and O–H groups in total. The summed E-state index contributed by atoms with van der Waals surface area (Å²) in [6.45, 7) is 4.77. The highest BCUT2D eigenvalue weighted by Gasteiger charge is 2.19. The van der Waals surface area contributed by atoms with Gasteiger partial charge in [-0.15, -0.1) is 0 Å². The molecule has 0 spiro atoms. The monoisotopic (exact) mass is 416 g/mol. The van der Waals surface area contributed by atoms with Crippen molar-refractivity contribution in [2.45, 2.75) is 59.2 Å². The molecule has 3 rings (SSSR count). The number of aryl methyl sites for hydroxylation is 2. The van der Waals surface area contributed by atoms with Gasteiger partial charge in [0.25, 0.3) is 5.56 Å². The highest BCUT2D eigenvalue weighted by atomic mass is 19.1. The molecule has 0 bridgehead atoms. The van der Waals surface area contributed by atoms with E-state index in [1.54, 1.807) is 4.57 Å². The van der Waals surface area contributed by atoms with E-state index >= 15 is 0 Å².